The van der Waals surface area contributed by atoms with Crippen molar-refractivity contribution >= 4 is 51.8 Å². The van der Waals surface area contributed by atoms with Gasteiger partial charge in [0.1, 0.15) is 6.10 Å². The van der Waals surface area contributed by atoms with Crippen LogP contribution in [-0.2, 0) is 6.54 Å². The second-order valence-corrected chi connectivity index (χ2v) is 8.05. The van der Waals surface area contributed by atoms with Crippen LogP contribution in [0.1, 0.15) is 31.1 Å². The molecule has 0 aliphatic rings. The highest BCUT2D eigenvalue weighted by Crippen LogP contribution is 2.31. The minimum absolute atomic E-state index is 0.281. The molecule has 124 valence electrons. The lowest BCUT2D eigenvalue weighted by atomic mass is 10.2. The van der Waals surface area contributed by atoms with Crippen LogP contribution >= 0.6 is 45.9 Å². The van der Waals surface area contributed by atoms with Gasteiger partial charge in [-0.2, -0.15) is 0 Å². The number of nitrogens with one attached hydrogen (secondary N) is 1. The van der Waals surface area contributed by atoms with E-state index >= 15 is 0 Å². The Balaban J connectivity index is 1.65. The fourth-order valence-corrected chi connectivity index (χ4v) is 4.29. The number of benzene rings is 1. The maximum atomic E-state index is 12.2. The lowest BCUT2D eigenvalue weighted by Gasteiger charge is -2.07. The number of amides is 1. The van der Waals surface area contributed by atoms with Crippen molar-refractivity contribution in [2.75, 3.05) is 0 Å². The number of rotatable bonds is 5. The normalized spacial score (nSPS) is 12.1. The molecule has 2 heterocycles. The molecule has 0 aliphatic heterocycles. The summed E-state index contributed by atoms with van der Waals surface area (Å²) in [4.78, 5) is 14.9. The SMILES string of the molecule is O=C(NCc1ccc([C@@H](O)c2cccs2)s1)c1cc(Cl)ccc1Cl. The molecular weight excluding hydrogens is 385 g/mol. The van der Waals surface area contributed by atoms with Crippen LogP contribution in [0.5, 0.6) is 0 Å². The minimum Gasteiger partial charge on any atom is -0.382 e. The zero-order valence-electron chi connectivity index (χ0n) is 12.3. The van der Waals surface area contributed by atoms with Gasteiger partial charge in [-0.3, -0.25) is 4.79 Å². The molecule has 1 aromatic carbocycles. The van der Waals surface area contributed by atoms with Gasteiger partial charge in [0.05, 0.1) is 17.1 Å². The van der Waals surface area contributed by atoms with Gasteiger partial charge in [0.25, 0.3) is 5.91 Å². The third-order valence-electron chi connectivity index (χ3n) is 3.36. The predicted octanol–water partition coefficient (Wildman–Crippen LogP) is 5.13. The Hall–Kier alpha value is -1.37. The van der Waals surface area contributed by atoms with E-state index in [0.29, 0.717) is 22.2 Å². The summed E-state index contributed by atoms with van der Waals surface area (Å²) in [5, 5.41) is 15.9. The Morgan fingerprint density at radius 3 is 2.75 bits per heavy atom. The van der Waals surface area contributed by atoms with Gasteiger partial charge < -0.3 is 10.4 Å². The summed E-state index contributed by atoms with van der Waals surface area (Å²) in [6, 6.07) is 12.4. The molecule has 0 spiro atoms. The number of halogens is 2. The van der Waals surface area contributed by atoms with Crippen molar-refractivity contribution in [1.82, 2.24) is 5.32 Å². The van der Waals surface area contributed by atoms with E-state index in [0.717, 1.165) is 14.6 Å². The Labute approximate surface area is 157 Å². The average molecular weight is 398 g/mol. The first kappa shape index (κ1) is 17.5. The fraction of sp³-hybridized carbons (Fsp3) is 0.118. The zero-order valence-corrected chi connectivity index (χ0v) is 15.5. The van der Waals surface area contributed by atoms with Crippen LogP contribution in [0.3, 0.4) is 0 Å². The lowest BCUT2D eigenvalue weighted by molar-refractivity contribution is 0.0951. The van der Waals surface area contributed by atoms with E-state index in [9.17, 15) is 9.90 Å². The average Bonchev–Trinajstić information content (AvgIpc) is 3.26. The molecule has 0 saturated carbocycles. The highest BCUT2D eigenvalue weighted by atomic mass is 35.5. The summed E-state index contributed by atoms with van der Waals surface area (Å²) in [6.07, 6.45) is -0.623. The van der Waals surface area contributed by atoms with E-state index in [-0.39, 0.29) is 5.91 Å². The highest BCUT2D eigenvalue weighted by molar-refractivity contribution is 7.12. The first-order valence-corrected chi connectivity index (χ1v) is 9.53. The molecule has 0 fully saturated rings. The highest BCUT2D eigenvalue weighted by Gasteiger charge is 2.15. The molecule has 24 heavy (non-hydrogen) atoms. The van der Waals surface area contributed by atoms with Crippen LogP contribution in [0.25, 0.3) is 0 Å². The number of aliphatic hydroxyl groups excluding tert-OH is 1. The monoisotopic (exact) mass is 397 g/mol. The molecule has 3 aromatic rings. The van der Waals surface area contributed by atoms with E-state index < -0.39 is 6.10 Å². The van der Waals surface area contributed by atoms with Gasteiger partial charge in [-0.25, -0.2) is 0 Å². The molecule has 3 nitrogen and oxygen atoms in total. The van der Waals surface area contributed by atoms with Gasteiger partial charge in [-0.1, -0.05) is 29.3 Å². The van der Waals surface area contributed by atoms with Crippen molar-refractivity contribution in [1.29, 1.82) is 0 Å². The Morgan fingerprint density at radius 2 is 2.00 bits per heavy atom. The Kier molecular flexibility index (Phi) is 5.58. The zero-order chi connectivity index (χ0) is 17.1. The van der Waals surface area contributed by atoms with Gasteiger partial charge in [0.2, 0.25) is 0 Å². The van der Waals surface area contributed by atoms with Crippen molar-refractivity contribution in [3.05, 3.63) is 78.1 Å². The van der Waals surface area contributed by atoms with Gasteiger partial charge in [0, 0.05) is 19.7 Å². The fourth-order valence-electron chi connectivity index (χ4n) is 2.16. The number of carbonyl (C=O) groups is 1. The lowest BCUT2D eigenvalue weighted by Crippen LogP contribution is -2.22. The second-order valence-electron chi connectivity index (χ2n) is 5.03. The molecule has 0 aliphatic carbocycles. The summed E-state index contributed by atoms with van der Waals surface area (Å²) in [7, 11) is 0. The summed E-state index contributed by atoms with van der Waals surface area (Å²) in [6.45, 7) is 0.365. The van der Waals surface area contributed by atoms with Crippen molar-refractivity contribution in [3.8, 4) is 0 Å². The maximum Gasteiger partial charge on any atom is 0.253 e. The van der Waals surface area contributed by atoms with Crippen LogP contribution in [0.2, 0.25) is 10.0 Å². The van der Waals surface area contributed by atoms with E-state index in [4.69, 9.17) is 23.2 Å². The molecule has 3 rings (SSSR count). The Bertz CT molecular complexity index is 846. The van der Waals surface area contributed by atoms with Crippen molar-refractivity contribution in [2.24, 2.45) is 0 Å². The number of hydrogen-bond acceptors (Lipinski definition) is 4. The van der Waals surface area contributed by atoms with E-state index in [1.807, 2.05) is 29.6 Å². The molecule has 0 unspecified atom stereocenters. The van der Waals surface area contributed by atoms with E-state index in [1.165, 1.54) is 22.7 Å². The van der Waals surface area contributed by atoms with Crippen LogP contribution in [0, 0.1) is 0 Å². The molecule has 7 heteroatoms. The predicted molar refractivity (Wildman–Crippen MR) is 100 cm³/mol. The standard InChI is InChI=1S/C17H13Cl2NO2S2/c18-10-3-5-13(19)12(8-10)17(22)20-9-11-4-6-15(24-11)16(21)14-2-1-7-23-14/h1-8,16,21H,9H2,(H,20,22)/t16-/m0/s1. The summed E-state index contributed by atoms with van der Waals surface area (Å²) >= 11 is 14.9. The molecule has 0 saturated heterocycles. The van der Waals surface area contributed by atoms with Gasteiger partial charge in [-0.05, 0) is 41.8 Å². The number of carbonyl (C=O) groups excluding carboxylic acids is 1. The van der Waals surface area contributed by atoms with Crippen molar-refractivity contribution in [3.63, 3.8) is 0 Å². The summed E-state index contributed by atoms with van der Waals surface area (Å²) in [5.74, 6) is -0.281. The summed E-state index contributed by atoms with van der Waals surface area (Å²) in [5.41, 5.74) is 0.347. The molecule has 2 N–H and O–H groups in total. The molecule has 0 bridgehead atoms. The minimum atomic E-state index is -0.623. The first-order valence-electron chi connectivity index (χ1n) is 7.08. The van der Waals surface area contributed by atoms with Gasteiger partial charge >= 0.3 is 0 Å². The van der Waals surface area contributed by atoms with Crippen molar-refractivity contribution in [2.45, 2.75) is 12.6 Å². The number of thiophene rings is 2. The van der Waals surface area contributed by atoms with Crippen LogP contribution in [-0.4, -0.2) is 11.0 Å². The van der Waals surface area contributed by atoms with Crippen LogP contribution < -0.4 is 5.32 Å². The van der Waals surface area contributed by atoms with Crippen LogP contribution in [0.15, 0.2) is 47.8 Å². The van der Waals surface area contributed by atoms with E-state index in [1.54, 1.807) is 18.2 Å². The number of hydrogen-bond donors (Lipinski definition) is 2. The molecule has 1 amide bonds. The quantitative estimate of drug-likeness (QED) is 0.626. The maximum absolute atomic E-state index is 12.2. The summed E-state index contributed by atoms with van der Waals surface area (Å²) < 4.78 is 0. The molecular formula is C17H13Cl2NO2S2. The topological polar surface area (TPSA) is 49.3 Å². The second kappa shape index (κ2) is 7.68. The smallest absolute Gasteiger partial charge is 0.253 e. The molecule has 2 aromatic heterocycles. The van der Waals surface area contributed by atoms with Gasteiger partial charge in [0.15, 0.2) is 0 Å². The third kappa shape index (κ3) is 3.99. The van der Waals surface area contributed by atoms with Crippen LogP contribution in [0.4, 0.5) is 0 Å². The van der Waals surface area contributed by atoms with E-state index in [2.05, 4.69) is 5.32 Å². The van der Waals surface area contributed by atoms with Gasteiger partial charge in [-0.15, -0.1) is 22.7 Å². The number of aliphatic hydroxyl groups is 1. The Morgan fingerprint density at radius 1 is 1.17 bits per heavy atom. The molecule has 1 atom stereocenters. The largest absolute Gasteiger partial charge is 0.382 e. The van der Waals surface area contributed by atoms with Crippen molar-refractivity contribution < 1.29 is 9.90 Å². The molecule has 0 radical (unpaired) electrons. The third-order valence-corrected chi connectivity index (χ3v) is 5.99. The first-order chi connectivity index (χ1) is 11.5.